The van der Waals surface area contributed by atoms with E-state index in [1.165, 1.54) is 6.26 Å². The van der Waals surface area contributed by atoms with E-state index in [4.69, 9.17) is 4.42 Å². The summed E-state index contributed by atoms with van der Waals surface area (Å²) in [6.45, 7) is 3.15. The first-order chi connectivity index (χ1) is 12.1. The van der Waals surface area contributed by atoms with Crippen molar-refractivity contribution in [2.45, 2.75) is 19.4 Å². The standard InChI is InChI=1S/C19H19N3O3/c1-12-4-5-13-10-16(21-15(13)9-12)19(24)22-7-6-14(22)11-20-18(23)17-3-2-8-25-17/h2-5,8-10,14,21H,6-7,11H2,1H3,(H,20,23). The van der Waals surface area contributed by atoms with Gasteiger partial charge in [-0.15, -0.1) is 0 Å². The van der Waals surface area contributed by atoms with E-state index in [-0.39, 0.29) is 23.6 Å². The van der Waals surface area contributed by atoms with E-state index in [0.717, 1.165) is 22.9 Å². The van der Waals surface area contributed by atoms with Crippen molar-refractivity contribution in [2.24, 2.45) is 0 Å². The number of carbonyl (C=O) groups excluding carboxylic acids is 2. The van der Waals surface area contributed by atoms with Crippen LogP contribution in [-0.2, 0) is 0 Å². The lowest BCUT2D eigenvalue weighted by Crippen LogP contribution is -2.56. The van der Waals surface area contributed by atoms with E-state index in [1.807, 2.05) is 31.2 Å². The number of aromatic amines is 1. The maximum atomic E-state index is 12.7. The van der Waals surface area contributed by atoms with Crippen LogP contribution >= 0.6 is 0 Å². The Morgan fingerprint density at radius 2 is 2.20 bits per heavy atom. The minimum absolute atomic E-state index is 0.0135. The summed E-state index contributed by atoms with van der Waals surface area (Å²) >= 11 is 0. The fourth-order valence-corrected chi connectivity index (χ4v) is 3.14. The number of likely N-dealkylation sites (tertiary alicyclic amines) is 1. The Balaban J connectivity index is 1.42. The Morgan fingerprint density at radius 1 is 1.32 bits per heavy atom. The smallest absolute Gasteiger partial charge is 0.287 e. The number of hydrogen-bond donors (Lipinski definition) is 2. The monoisotopic (exact) mass is 337 g/mol. The second kappa shape index (κ2) is 6.12. The lowest BCUT2D eigenvalue weighted by Gasteiger charge is -2.40. The van der Waals surface area contributed by atoms with Crippen molar-refractivity contribution in [1.82, 2.24) is 15.2 Å². The highest BCUT2D eigenvalue weighted by atomic mass is 16.3. The number of carbonyl (C=O) groups is 2. The van der Waals surface area contributed by atoms with Gasteiger partial charge in [-0.2, -0.15) is 0 Å². The zero-order valence-electron chi connectivity index (χ0n) is 13.9. The zero-order valence-corrected chi connectivity index (χ0v) is 13.9. The minimum Gasteiger partial charge on any atom is -0.459 e. The van der Waals surface area contributed by atoms with E-state index in [1.54, 1.807) is 17.0 Å². The van der Waals surface area contributed by atoms with Gasteiger partial charge >= 0.3 is 0 Å². The van der Waals surface area contributed by atoms with Crippen molar-refractivity contribution in [1.29, 1.82) is 0 Å². The average Bonchev–Trinajstić information content (AvgIpc) is 3.22. The van der Waals surface area contributed by atoms with Gasteiger partial charge in [0.05, 0.1) is 12.3 Å². The second-order valence-electron chi connectivity index (χ2n) is 6.40. The summed E-state index contributed by atoms with van der Waals surface area (Å²) in [5.41, 5.74) is 2.70. The summed E-state index contributed by atoms with van der Waals surface area (Å²) in [6, 6.07) is 11.3. The SMILES string of the molecule is Cc1ccc2cc(C(=O)N3CCC3CNC(=O)c3ccco3)[nH]c2c1. The highest BCUT2D eigenvalue weighted by molar-refractivity contribution is 5.98. The largest absolute Gasteiger partial charge is 0.459 e. The number of fused-ring (bicyclic) bond motifs is 1. The molecular formula is C19H19N3O3. The fraction of sp³-hybridized carbons (Fsp3) is 0.263. The second-order valence-corrected chi connectivity index (χ2v) is 6.40. The quantitative estimate of drug-likeness (QED) is 0.768. The van der Waals surface area contributed by atoms with Crippen LogP contribution in [0.2, 0.25) is 0 Å². The summed E-state index contributed by atoms with van der Waals surface area (Å²) in [4.78, 5) is 29.7. The first-order valence-electron chi connectivity index (χ1n) is 8.34. The van der Waals surface area contributed by atoms with Crippen LogP contribution in [0.3, 0.4) is 0 Å². The molecule has 2 N–H and O–H groups in total. The molecule has 0 spiro atoms. The lowest BCUT2D eigenvalue weighted by molar-refractivity contribution is 0.0449. The molecule has 2 aromatic heterocycles. The van der Waals surface area contributed by atoms with Crippen molar-refractivity contribution in [2.75, 3.05) is 13.1 Å². The van der Waals surface area contributed by atoms with Gasteiger partial charge in [0, 0.05) is 24.0 Å². The van der Waals surface area contributed by atoms with Gasteiger partial charge in [0.25, 0.3) is 11.8 Å². The van der Waals surface area contributed by atoms with Gasteiger partial charge in [0.15, 0.2) is 5.76 Å². The molecule has 25 heavy (non-hydrogen) atoms. The maximum absolute atomic E-state index is 12.7. The van der Waals surface area contributed by atoms with Crippen molar-refractivity contribution in [3.63, 3.8) is 0 Å². The molecule has 6 heteroatoms. The number of benzene rings is 1. The van der Waals surface area contributed by atoms with Gasteiger partial charge in [-0.25, -0.2) is 0 Å². The van der Waals surface area contributed by atoms with Crippen LogP contribution in [0, 0.1) is 6.92 Å². The molecule has 1 atom stereocenters. The Bertz CT molecular complexity index is 927. The molecule has 0 saturated carbocycles. The Kier molecular flexibility index (Phi) is 3.80. The number of rotatable bonds is 4. The van der Waals surface area contributed by atoms with Crippen molar-refractivity contribution < 1.29 is 14.0 Å². The summed E-state index contributed by atoms with van der Waals surface area (Å²) < 4.78 is 5.07. The Labute approximate surface area is 144 Å². The van der Waals surface area contributed by atoms with Crippen LogP contribution in [0.5, 0.6) is 0 Å². The predicted molar refractivity (Wildman–Crippen MR) is 93.5 cm³/mol. The van der Waals surface area contributed by atoms with Crippen LogP contribution in [0.15, 0.2) is 47.1 Å². The van der Waals surface area contributed by atoms with E-state index in [0.29, 0.717) is 18.8 Å². The van der Waals surface area contributed by atoms with E-state index in [2.05, 4.69) is 10.3 Å². The predicted octanol–water partition coefficient (Wildman–Crippen LogP) is 2.71. The molecule has 2 amide bonds. The van der Waals surface area contributed by atoms with Crippen molar-refractivity contribution in [3.05, 3.63) is 59.7 Å². The van der Waals surface area contributed by atoms with E-state index >= 15 is 0 Å². The van der Waals surface area contributed by atoms with E-state index < -0.39 is 0 Å². The molecule has 3 aromatic rings. The number of H-pyrrole nitrogens is 1. The number of aromatic nitrogens is 1. The molecule has 1 aromatic carbocycles. The molecular weight excluding hydrogens is 318 g/mol. The molecule has 0 radical (unpaired) electrons. The van der Waals surface area contributed by atoms with Gasteiger partial charge in [-0.05, 0) is 43.2 Å². The number of amides is 2. The molecule has 6 nitrogen and oxygen atoms in total. The molecule has 0 aliphatic carbocycles. The third kappa shape index (κ3) is 2.91. The van der Waals surface area contributed by atoms with Crippen LogP contribution in [0.25, 0.3) is 10.9 Å². The van der Waals surface area contributed by atoms with Gasteiger partial charge < -0.3 is 19.6 Å². The van der Waals surface area contributed by atoms with Crippen molar-refractivity contribution in [3.8, 4) is 0 Å². The molecule has 4 rings (SSSR count). The summed E-state index contributed by atoms with van der Waals surface area (Å²) in [5.74, 6) is -0.00840. The highest BCUT2D eigenvalue weighted by Gasteiger charge is 2.33. The average molecular weight is 337 g/mol. The van der Waals surface area contributed by atoms with Crippen LogP contribution in [0.1, 0.15) is 33.0 Å². The van der Waals surface area contributed by atoms with Crippen LogP contribution in [0.4, 0.5) is 0 Å². The Hall–Kier alpha value is -3.02. The molecule has 0 bridgehead atoms. The summed E-state index contributed by atoms with van der Waals surface area (Å²) in [7, 11) is 0. The molecule has 1 fully saturated rings. The molecule has 1 aliphatic rings. The molecule has 3 heterocycles. The third-order valence-electron chi connectivity index (χ3n) is 4.66. The van der Waals surface area contributed by atoms with Crippen molar-refractivity contribution >= 4 is 22.7 Å². The Morgan fingerprint density at radius 3 is 2.92 bits per heavy atom. The van der Waals surface area contributed by atoms with Crippen LogP contribution < -0.4 is 5.32 Å². The first-order valence-corrected chi connectivity index (χ1v) is 8.34. The number of aryl methyl sites for hydroxylation is 1. The van der Waals surface area contributed by atoms with Crippen LogP contribution in [-0.4, -0.2) is 40.8 Å². The van der Waals surface area contributed by atoms with Gasteiger partial charge in [-0.3, -0.25) is 9.59 Å². The highest BCUT2D eigenvalue weighted by Crippen LogP contribution is 2.23. The lowest BCUT2D eigenvalue weighted by atomic mass is 10.0. The van der Waals surface area contributed by atoms with Gasteiger partial charge in [0.2, 0.25) is 0 Å². The summed E-state index contributed by atoms with van der Waals surface area (Å²) in [5, 5.41) is 3.85. The molecule has 1 unspecified atom stereocenters. The number of nitrogens with one attached hydrogen (secondary N) is 2. The minimum atomic E-state index is -0.259. The molecule has 1 saturated heterocycles. The number of nitrogens with zero attached hydrogens (tertiary/aromatic N) is 1. The topological polar surface area (TPSA) is 78.3 Å². The normalized spacial score (nSPS) is 16.7. The van der Waals surface area contributed by atoms with Gasteiger partial charge in [-0.1, -0.05) is 12.1 Å². The van der Waals surface area contributed by atoms with E-state index in [9.17, 15) is 9.59 Å². The summed E-state index contributed by atoms with van der Waals surface area (Å²) in [6.07, 6.45) is 2.34. The molecule has 1 aliphatic heterocycles. The third-order valence-corrected chi connectivity index (χ3v) is 4.66. The fourth-order valence-electron chi connectivity index (χ4n) is 3.14. The number of hydrogen-bond acceptors (Lipinski definition) is 3. The van der Waals surface area contributed by atoms with Gasteiger partial charge in [0.1, 0.15) is 5.69 Å². The molecule has 128 valence electrons. The number of furan rings is 1. The maximum Gasteiger partial charge on any atom is 0.287 e. The first kappa shape index (κ1) is 15.5. The zero-order chi connectivity index (χ0) is 17.4.